The molecule has 118 valence electrons. The van der Waals surface area contributed by atoms with E-state index in [0.29, 0.717) is 28.4 Å². The molecule has 0 saturated carbocycles. The highest BCUT2D eigenvalue weighted by atomic mass is 35.5. The zero-order chi connectivity index (χ0) is 16.7. The van der Waals surface area contributed by atoms with E-state index in [2.05, 4.69) is 9.97 Å². The second-order valence-electron chi connectivity index (χ2n) is 5.27. The number of carbonyl (C=O) groups excluding carboxylic acids is 1. The number of imidazole rings is 1. The van der Waals surface area contributed by atoms with E-state index in [4.69, 9.17) is 16.0 Å². The highest BCUT2D eigenvalue weighted by Crippen LogP contribution is 2.32. The van der Waals surface area contributed by atoms with Crippen molar-refractivity contribution in [2.75, 3.05) is 0 Å². The van der Waals surface area contributed by atoms with Crippen molar-refractivity contribution in [2.45, 2.75) is 0 Å². The summed E-state index contributed by atoms with van der Waals surface area (Å²) < 4.78 is 19.7. The Morgan fingerprint density at radius 1 is 1.21 bits per heavy atom. The maximum Gasteiger partial charge on any atom is 0.153 e. The van der Waals surface area contributed by atoms with Gasteiger partial charge in [0, 0.05) is 10.9 Å². The van der Waals surface area contributed by atoms with Crippen molar-refractivity contribution in [3.05, 3.63) is 65.1 Å². The standard InChI is InChI=1S/C18H10ClFN2O2/c19-12-2-1-3-13(20)17(12)18-21-8-14(22-18)16-7-11-6-10(9-23)4-5-15(11)24-16/h1-9H,(H,21,22). The maximum atomic E-state index is 14.0. The first-order chi connectivity index (χ1) is 11.7. The van der Waals surface area contributed by atoms with E-state index in [1.54, 1.807) is 36.5 Å². The molecule has 0 aliphatic rings. The van der Waals surface area contributed by atoms with E-state index >= 15 is 0 Å². The molecule has 0 amide bonds. The fourth-order valence-corrected chi connectivity index (χ4v) is 2.82. The van der Waals surface area contributed by atoms with Gasteiger partial charge in [0.05, 0.1) is 16.8 Å². The van der Waals surface area contributed by atoms with Crippen molar-refractivity contribution in [2.24, 2.45) is 0 Å². The molecular formula is C18H10ClFN2O2. The summed E-state index contributed by atoms with van der Waals surface area (Å²) >= 11 is 6.06. The summed E-state index contributed by atoms with van der Waals surface area (Å²) in [6, 6.07) is 11.4. The van der Waals surface area contributed by atoms with Crippen molar-refractivity contribution in [3.63, 3.8) is 0 Å². The van der Waals surface area contributed by atoms with Crippen LogP contribution in [0.1, 0.15) is 10.4 Å². The predicted octanol–water partition coefficient (Wildman–Crippen LogP) is 5.09. The van der Waals surface area contributed by atoms with Gasteiger partial charge in [-0.2, -0.15) is 0 Å². The van der Waals surface area contributed by atoms with Crippen molar-refractivity contribution in [3.8, 4) is 22.8 Å². The van der Waals surface area contributed by atoms with Crippen LogP contribution in [0.15, 0.2) is 53.1 Å². The molecule has 2 heterocycles. The van der Waals surface area contributed by atoms with Crippen LogP contribution in [0.2, 0.25) is 5.02 Å². The van der Waals surface area contributed by atoms with E-state index in [0.717, 1.165) is 11.7 Å². The third-order valence-electron chi connectivity index (χ3n) is 3.72. The predicted molar refractivity (Wildman–Crippen MR) is 89.6 cm³/mol. The summed E-state index contributed by atoms with van der Waals surface area (Å²) in [4.78, 5) is 18.1. The van der Waals surface area contributed by atoms with Gasteiger partial charge in [-0.15, -0.1) is 0 Å². The van der Waals surface area contributed by atoms with Gasteiger partial charge in [0.1, 0.15) is 29.2 Å². The van der Waals surface area contributed by atoms with Crippen LogP contribution in [0.4, 0.5) is 4.39 Å². The molecule has 2 aromatic heterocycles. The molecule has 0 bridgehead atoms. The number of furan rings is 1. The van der Waals surface area contributed by atoms with Crippen LogP contribution in [-0.2, 0) is 0 Å². The van der Waals surface area contributed by atoms with Gasteiger partial charge in [-0.3, -0.25) is 4.79 Å². The SMILES string of the molecule is O=Cc1ccc2oc(-c3cnc(-c4c(F)cccc4Cl)[nH]3)cc2c1. The van der Waals surface area contributed by atoms with E-state index < -0.39 is 5.82 Å². The molecule has 0 atom stereocenters. The van der Waals surface area contributed by atoms with Crippen LogP contribution in [0.5, 0.6) is 0 Å². The van der Waals surface area contributed by atoms with Crippen molar-refractivity contribution < 1.29 is 13.6 Å². The lowest BCUT2D eigenvalue weighted by Crippen LogP contribution is -1.87. The molecule has 0 fully saturated rings. The normalized spacial score (nSPS) is 11.1. The number of aldehydes is 1. The molecule has 2 aromatic carbocycles. The van der Waals surface area contributed by atoms with Gasteiger partial charge in [-0.25, -0.2) is 9.37 Å². The maximum absolute atomic E-state index is 14.0. The van der Waals surface area contributed by atoms with Crippen molar-refractivity contribution in [1.82, 2.24) is 9.97 Å². The molecular weight excluding hydrogens is 331 g/mol. The lowest BCUT2D eigenvalue weighted by molar-refractivity contribution is 0.112. The minimum atomic E-state index is -0.455. The molecule has 0 spiro atoms. The molecule has 4 rings (SSSR count). The Kier molecular flexibility index (Phi) is 3.43. The second kappa shape index (κ2) is 5.62. The number of hydrogen-bond donors (Lipinski definition) is 1. The largest absolute Gasteiger partial charge is 0.454 e. The first kappa shape index (κ1) is 14.7. The molecule has 4 nitrogen and oxygen atoms in total. The molecule has 0 radical (unpaired) electrons. The van der Waals surface area contributed by atoms with E-state index in [9.17, 15) is 9.18 Å². The summed E-state index contributed by atoms with van der Waals surface area (Å²) in [6.07, 6.45) is 2.33. The van der Waals surface area contributed by atoms with Crippen LogP contribution in [0.3, 0.4) is 0 Å². The van der Waals surface area contributed by atoms with Crippen molar-refractivity contribution >= 4 is 28.9 Å². The van der Waals surface area contributed by atoms with Gasteiger partial charge in [-0.05, 0) is 36.4 Å². The molecule has 24 heavy (non-hydrogen) atoms. The zero-order valence-electron chi connectivity index (χ0n) is 12.2. The Morgan fingerprint density at radius 2 is 2.08 bits per heavy atom. The quantitative estimate of drug-likeness (QED) is 0.528. The zero-order valence-corrected chi connectivity index (χ0v) is 13.0. The number of fused-ring (bicyclic) bond motifs is 1. The van der Waals surface area contributed by atoms with Gasteiger partial charge < -0.3 is 9.40 Å². The number of nitrogens with one attached hydrogen (secondary N) is 1. The van der Waals surface area contributed by atoms with Gasteiger partial charge in [0.2, 0.25) is 0 Å². The Hall–Kier alpha value is -2.92. The van der Waals surface area contributed by atoms with Crippen LogP contribution in [0, 0.1) is 5.82 Å². The number of rotatable bonds is 3. The number of hydrogen-bond acceptors (Lipinski definition) is 3. The molecule has 0 aliphatic carbocycles. The van der Waals surface area contributed by atoms with Gasteiger partial charge in [0.15, 0.2) is 5.76 Å². The van der Waals surface area contributed by atoms with Gasteiger partial charge >= 0.3 is 0 Å². The Balaban J connectivity index is 1.79. The Labute approximate surface area is 140 Å². The summed E-state index contributed by atoms with van der Waals surface area (Å²) in [6.45, 7) is 0. The van der Waals surface area contributed by atoms with Gasteiger partial charge in [-0.1, -0.05) is 17.7 Å². The average Bonchev–Trinajstić information content (AvgIpc) is 3.20. The number of aromatic amines is 1. The first-order valence-corrected chi connectivity index (χ1v) is 7.52. The van der Waals surface area contributed by atoms with E-state index in [1.807, 2.05) is 0 Å². The molecule has 6 heteroatoms. The number of H-pyrrole nitrogens is 1. The third-order valence-corrected chi connectivity index (χ3v) is 4.03. The fourth-order valence-electron chi connectivity index (χ4n) is 2.57. The highest BCUT2D eigenvalue weighted by Gasteiger charge is 2.15. The minimum absolute atomic E-state index is 0.213. The van der Waals surface area contributed by atoms with Crippen LogP contribution in [0.25, 0.3) is 33.8 Å². The molecule has 4 aromatic rings. The van der Waals surface area contributed by atoms with Crippen molar-refractivity contribution in [1.29, 1.82) is 0 Å². The van der Waals surface area contributed by atoms with Gasteiger partial charge in [0.25, 0.3) is 0 Å². The molecule has 0 unspecified atom stereocenters. The first-order valence-electron chi connectivity index (χ1n) is 7.14. The monoisotopic (exact) mass is 340 g/mol. The highest BCUT2D eigenvalue weighted by molar-refractivity contribution is 6.33. The number of carbonyl (C=O) groups is 1. The topological polar surface area (TPSA) is 58.9 Å². The summed E-state index contributed by atoms with van der Waals surface area (Å²) in [5.41, 5.74) is 2.02. The number of benzene rings is 2. The molecule has 0 saturated heterocycles. The smallest absolute Gasteiger partial charge is 0.153 e. The lowest BCUT2D eigenvalue weighted by atomic mass is 10.2. The van der Waals surface area contributed by atoms with Crippen LogP contribution in [-0.4, -0.2) is 16.3 Å². The van der Waals surface area contributed by atoms with E-state index in [-0.39, 0.29) is 10.6 Å². The summed E-state index contributed by atoms with van der Waals surface area (Å²) in [7, 11) is 0. The van der Waals surface area contributed by atoms with Crippen LogP contribution < -0.4 is 0 Å². The summed E-state index contributed by atoms with van der Waals surface area (Å²) in [5.74, 6) is 0.407. The second-order valence-corrected chi connectivity index (χ2v) is 5.68. The Bertz CT molecular complexity index is 1050. The van der Waals surface area contributed by atoms with Crippen LogP contribution >= 0.6 is 11.6 Å². The van der Waals surface area contributed by atoms with E-state index in [1.165, 1.54) is 12.1 Å². The average molecular weight is 341 g/mol. The number of aromatic nitrogens is 2. The lowest BCUT2D eigenvalue weighted by Gasteiger charge is -2.01. The summed E-state index contributed by atoms with van der Waals surface area (Å²) in [5, 5.41) is 1.07. The Morgan fingerprint density at radius 3 is 2.88 bits per heavy atom. The minimum Gasteiger partial charge on any atom is -0.454 e. The third kappa shape index (κ3) is 2.39. The number of halogens is 2. The fraction of sp³-hybridized carbons (Fsp3) is 0. The molecule has 0 aliphatic heterocycles. The number of nitrogens with zero attached hydrogens (tertiary/aromatic N) is 1. The molecule has 1 N–H and O–H groups in total.